The standard InChI is InChI=1S/C17H18O4Si/c1-3-22(2,20-16(18)14-10-6-4-7-11-14)21-17(19)15-12-8-5-9-13-15/h4-13H,3H2,1-2H3. The third kappa shape index (κ3) is 4.05. The van der Waals surface area contributed by atoms with E-state index in [1.54, 1.807) is 55.1 Å². The van der Waals surface area contributed by atoms with Gasteiger partial charge in [-0.05, 0) is 24.3 Å². The Morgan fingerprint density at radius 1 is 0.818 bits per heavy atom. The lowest BCUT2D eigenvalue weighted by Gasteiger charge is -2.25. The number of carbonyl (C=O) groups is 2. The van der Waals surface area contributed by atoms with Gasteiger partial charge in [-0.2, -0.15) is 0 Å². The minimum Gasteiger partial charge on any atom is -0.481 e. The van der Waals surface area contributed by atoms with Gasteiger partial charge in [-0.1, -0.05) is 43.3 Å². The fourth-order valence-corrected chi connectivity index (χ4v) is 3.17. The van der Waals surface area contributed by atoms with Crippen molar-refractivity contribution in [2.24, 2.45) is 0 Å². The molecule has 5 heteroatoms. The highest BCUT2D eigenvalue weighted by molar-refractivity contribution is 6.69. The third-order valence-corrected chi connectivity index (χ3v) is 5.80. The van der Waals surface area contributed by atoms with Crippen molar-refractivity contribution in [3.63, 3.8) is 0 Å². The molecule has 0 saturated carbocycles. The van der Waals surface area contributed by atoms with E-state index in [1.807, 2.05) is 19.1 Å². The lowest BCUT2D eigenvalue weighted by atomic mass is 10.2. The molecule has 0 fully saturated rings. The molecule has 0 aliphatic rings. The lowest BCUT2D eigenvalue weighted by Crippen LogP contribution is -2.42. The first kappa shape index (κ1) is 16.0. The molecule has 0 radical (unpaired) electrons. The summed E-state index contributed by atoms with van der Waals surface area (Å²) >= 11 is 0. The smallest absolute Gasteiger partial charge is 0.461 e. The summed E-state index contributed by atoms with van der Waals surface area (Å²) in [5.74, 6) is -0.921. The number of rotatable bonds is 5. The Balaban J connectivity index is 2.09. The predicted molar refractivity (Wildman–Crippen MR) is 85.8 cm³/mol. The van der Waals surface area contributed by atoms with Gasteiger partial charge in [0, 0.05) is 12.6 Å². The van der Waals surface area contributed by atoms with E-state index in [9.17, 15) is 9.59 Å². The zero-order valence-corrected chi connectivity index (χ0v) is 13.6. The van der Waals surface area contributed by atoms with Crippen LogP contribution in [0.3, 0.4) is 0 Å². The van der Waals surface area contributed by atoms with Crippen LogP contribution < -0.4 is 0 Å². The van der Waals surface area contributed by atoms with Crippen LogP contribution in [-0.4, -0.2) is 20.5 Å². The average molecular weight is 314 g/mol. The van der Waals surface area contributed by atoms with Gasteiger partial charge in [-0.15, -0.1) is 0 Å². The highest BCUT2D eigenvalue weighted by atomic mass is 28.4. The molecule has 0 heterocycles. The van der Waals surface area contributed by atoms with Crippen molar-refractivity contribution < 1.29 is 18.4 Å². The Hall–Kier alpha value is -2.40. The number of carbonyl (C=O) groups excluding carboxylic acids is 2. The van der Waals surface area contributed by atoms with Crippen LogP contribution in [0.5, 0.6) is 0 Å². The number of hydrogen-bond donors (Lipinski definition) is 0. The second-order valence-corrected chi connectivity index (χ2v) is 8.38. The molecule has 114 valence electrons. The van der Waals surface area contributed by atoms with E-state index in [1.165, 1.54) is 0 Å². The van der Waals surface area contributed by atoms with Crippen LogP contribution in [0.15, 0.2) is 60.7 Å². The highest BCUT2D eigenvalue weighted by Crippen LogP contribution is 2.18. The lowest BCUT2D eigenvalue weighted by molar-refractivity contribution is 0.0570. The van der Waals surface area contributed by atoms with Crippen LogP contribution in [0.25, 0.3) is 0 Å². The molecular formula is C17H18O4Si. The first-order valence-electron chi connectivity index (χ1n) is 7.11. The zero-order chi connectivity index (χ0) is 16.0. The molecule has 22 heavy (non-hydrogen) atoms. The highest BCUT2D eigenvalue weighted by Gasteiger charge is 2.38. The van der Waals surface area contributed by atoms with Crippen molar-refractivity contribution in [2.75, 3.05) is 0 Å². The first-order chi connectivity index (χ1) is 10.5. The van der Waals surface area contributed by atoms with Crippen LogP contribution in [0, 0.1) is 0 Å². The maximum absolute atomic E-state index is 12.2. The van der Waals surface area contributed by atoms with E-state index in [0.717, 1.165) is 0 Å². The molecule has 0 bridgehead atoms. The van der Waals surface area contributed by atoms with Gasteiger partial charge in [0.25, 0.3) is 0 Å². The van der Waals surface area contributed by atoms with E-state index < -0.39 is 20.5 Å². The Bertz CT molecular complexity index is 587. The van der Waals surface area contributed by atoms with Gasteiger partial charge in [0.1, 0.15) is 0 Å². The zero-order valence-electron chi connectivity index (χ0n) is 12.6. The van der Waals surface area contributed by atoms with E-state index in [0.29, 0.717) is 17.2 Å². The van der Waals surface area contributed by atoms with Crippen LogP contribution in [0.2, 0.25) is 12.6 Å². The molecule has 0 unspecified atom stereocenters. The number of hydrogen-bond acceptors (Lipinski definition) is 4. The summed E-state index contributed by atoms with van der Waals surface area (Å²) in [6.07, 6.45) is 0. The molecule has 2 aromatic carbocycles. The minimum atomic E-state index is -2.91. The van der Waals surface area contributed by atoms with Gasteiger partial charge in [-0.25, -0.2) is 9.59 Å². The average Bonchev–Trinajstić information content (AvgIpc) is 2.56. The molecule has 0 spiro atoms. The summed E-state index contributed by atoms with van der Waals surface area (Å²) in [5, 5.41) is 0. The van der Waals surface area contributed by atoms with Gasteiger partial charge in [0.05, 0.1) is 11.1 Å². The summed E-state index contributed by atoms with van der Waals surface area (Å²) in [5.41, 5.74) is 0.899. The Morgan fingerprint density at radius 2 is 1.18 bits per heavy atom. The van der Waals surface area contributed by atoms with Gasteiger partial charge < -0.3 is 8.85 Å². The summed E-state index contributed by atoms with van der Waals surface area (Å²) in [7, 11) is -2.91. The predicted octanol–water partition coefficient (Wildman–Crippen LogP) is 3.79. The summed E-state index contributed by atoms with van der Waals surface area (Å²) in [4.78, 5) is 24.3. The summed E-state index contributed by atoms with van der Waals surface area (Å²) in [6, 6.07) is 17.9. The van der Waals surface area contributed by atoms with Crippen LogP contribution >= 0.6 is 0 Å². The topological polar surface area (TPSA) is 52.6 Å². The molecule has 0 aliphatic carbocycles. The van der Waals surface area contributed by atoms with Crippen molar-refractivity contribution in [3.8, 4) is 0 Å². The van der Waals surface area contributed by atoms with E-state index in [2.05, 4.69) is 0 Å². The van der Waals surface area contributed by atoms with Gasteiger partial charge in [-0.3, -0.25) is 0 Å². The van der Waals surface area contributed by atoms with Gasteiger partial charge >= 0.3 is 20.5 Å². The Labute approximate surface area is 130 Å². The Morgan fingerprint density at radius 3 is 1.50 bits per heavy atom. The van der Waals surface area contributed by atoms with Gasteiger partial charge in [0.15, 0.2) is 0 Å². The fraction of sp³-hybridized carbons (Fsp3) is 0.176. The van der Waals surface area contributed by atoms with Crippen LogP contribution in [0.4, 0.5) is 0 Å². The fourth-order valence-electron chi connectivity index (χ4n) is 1.82. The molecule has 0 atom stereocenters. The SMILES string of the molecule is CC[Si](C)(OC(=O)c1ccccc1)OC(=O)c1ccccc1. The normalized spacial score (nSPS) is 10.8. The van der Waals surface area contributed by atoms with Crippen LogP contribution in [-0.2, 0) is 8.85 Å². The van der Waals surface area contributed by atoms with Crippen molar-refractivity contribution in [1.29, 1.82) is 0 Å². The summed E-state index contributed by atoms with van der Waals surface area (Å²) < 4.78 is 11.0. The molecule has 4 nitrogen and oxygen atoms in total. The minimum absolute atomic E-state index is 0.449. The van der Waals surface area contributed by atoms with Gasteiger partial charge in [0.2, 0.25) is 0 Å². The molecule has 0 N–H and O–H groups in total. The maximum Gasteiger partial charge on any atom is 0.461 e. The van der Waals surface area contributed by atoms with Crippen LogP contribution in [0.1, 0.15) is 27.6 Å². The molecule has 0 saturated heterocycles. The molecular weight excluding hydrogens is 296 g/mol. The van der Waals surface area contributed by atoms with E-state index in [-0.39, 0.29) is 0 Å². The molecule has 0 aliphatic heterocycles. The Kier molecular flexibility index (Phi) is 5.11. The monoisotopic (exact) mass is 314 g/mol. The first-order valence-corrected chi connectivity index (χ1v) is 9.63. The molecule has 0 amide bonds. The second kappa shape index (κ2) is 7.04. The summed E-state index contributed by atoms with van der Waals surface area (Å²) in [6.45, 7) is 3.57. The van der Waals surface area contributed by atoms with Crippen molar-refractivity contribution in [3.05, 3.63) is 71.8 Å². The van der Waals surface area contributed by atoms with E-state index in [4.69, 9.17) is 8.85 Å². The maximum atomic E-state index is 12.2. The molecule has 2 aromatic rings. The van der Waals surface area contributed by atoms with Crippen molar-refractivity contribution in [1.82, 2.24) is 0 Å². The molecule has 2 rings (SSSR count). The van der Waals surface area contributed by atoms with E-state index >= 15 is 0 Å². The second-order valence-electron chi connectivity index (χ2n) is 5.00. The molecule has 0 aromatic heterocycles. The van der Waals surface area contributed by atoms with Crippen molar-refractivity contribution in [2.45, 2.75) is 19.5 Å². The number of benzene rings is 2. The van der Waals surface area contributed by atoms with Crippen molar-refractivity contribution >= 4 is 20.5 Å². The largest absolute Gasteiger partial charge is 0.481 e. The quantitative estimate of drug-likeness (QED) is 0.788. The third-order valence-electron chi connectivity index (χ3n) is 3.28.